The molecule has 0 spiro atoms. The molecule has 0 saturated heterocycles. The third-order valence-corrected chi connectivity index (χ3v) is 4.39. The van der Waals surface area contributed by atoms with E-state index in [0.717, 1.165) is 28.4 Å². The molecule has 0 unspecified atom stereocenters. The normalized spacial score (nSPS) is 19.8. The van der Waals surface area contributed by atoms with Crippen LogP contribution in [0.1, 0.15) is 23.8 Å². The number of rotatable bonds is 1. The van der Waals surface area contributed by atoms with Gasteiger partial charge in [-0.2, -0.15) is 0 Å². The van der Waals surface area contributed by atoms with E-state index in [9.17, 15) is 0 Å². The summed E-state index contributed by atoms with van der Waals surface area (Å²) in [5.41, 5.74) is 4.08. The number of hydrogen-bond acceptors (Lipinski definition) is 5. The average Bonchev–Trinajstić information content (AvgIpc) is 2.65. The minimum absolute atomic E-state index is 0.761. The van der Waals surface area contributed by atoms with Crippen molar-refractivity contribution in [2.75, 3.05) is 5.43 Å². The van der Waals surface area contributed by atoms with E-state index in [4.69, 9.17) is 5.84 Å². The Balaban J connectivity index is 2.26. The van der Waals surface area contributed by atoms with Crippen molar-refractivity contribution in [3.8, 4) is 0 Å². The van der Waals surface area contributed by atoms with Gasteiger partial charge in [-0.1, -0.05) is 6.92 Å². The molecule has 0 fully saturated rings. The lowest BCUT2D eigenvalue weighted by Gasteiger charge is -2.17. The van der Waals surface area contributed by atoms with Gasteiger partial charge in [-0.3, -0.25) is 0 Å². The van der Waals surface area contributed by atoms with Crippen molar-refractivity contribution in [3.63, 3.8) is 0 Å². The predicted molar refractivity (Wildman–Crippen MR) is 66.4 cm³/mol. The van der Waals surface area contributed by atoms with Gasteiger partial charge in [0.2, 0.25) is 0 Å². The van der Waals surface area contributed by atoms with Crippen LogP contribution in [0.15, 0.2) is 6.33 Å². The molecule has 2 heterocycles. The van der Waals surface area contributed by atoms with Crippen LogP contribution in [0.2, 0.25) is 0 Å². The summed E-state index contributed by atoms with van der Waals surface area (Å²) in [6, 6.07) is 0. The molecule has 1 aliphatic rings. The van der Waals surface area contributed by atoms with Gasteiger partial charge in [0, 0.05) is 4.88 Å². The highest BCUT2D eigenvalue weighted by atomic mass is 32.1. The first kappa shape index (κ1) is 9.99. The molecule has 3 rings (SSSR count). The molecule has 1 aliphatic carbocycles. The molecule has 16 heavy (non-hydrogen) atoms. The molecule has 3 N–H and O–H groups in total. The zero-order chi connectivity index (χ0) is 11.1. The van der Waals surface area contributed by atoms with Crippen molar-refractivity contribution in [2.45, 2.75) is 26.2 Å². The lowest BCUT2D eigenvalue weighted by Crippen LogP contribution is -2.11. The first-order valence-electron chi connectivity index (χ1n) is 5.51. The van der Waals surface area contributed by atoms with Crippen LogP contribution in [0.25, 0.3) is 10.2 Å². The van der Waals surface area contributed by atoms with E-state index in [-0.39, 0.29) is 0 Å². The molecule has 2 aromatic heterocycles. The maximum Gasteiger partial charge on any atom is 0.152 e. The highest BCUT2D eigenvalue weighted by Gasteiger charge is 2.22. The molecule has 0 aromatic carbocycles. The van der Waals surface area contributed by atoms with Crippen molar-refractivity contribution in [1.29, 1.82) is 0 Å². The molecule has 0 saturated carbocycles. The summed E-state index contributed by atoms with van der Waals surface area (Å²) in [4.78, 5) is 11.0. The van der Waals surface area contributed by atoms with Gasteiger partial charge in [-0.05, 0) is 30.7 Å². The molecule has 0 amide bonds. The Morgan fingerprint density at radius 2 is 2.38 bits per heavy atom. The number of aromatic nitrogens is 2. The highest BCUT2D eigenvalue weighted by Crippen LogP contribution is 2.39. The highest BCUT2D eigenvalue weighted by molar-refractivity contribution is 7.19. The Hall–Kier alpha value is -1.20. The summed E-state index contributed by atoms with van der Waals surface area (Å²) in [5, 5.41) is 1.14. The van der Waals surface area contributed by atoms with Gasteiger partial charge in [-0.15, -0.1) is 11.3 Å². The number of hydrazine groups is 1. The van der Waals surface area contributed by atoms with Crippen LogP contribution in [0.4, 0.5) is 5.82 Å². The summed E-state index contributed by atoms with van der Waals surface area (Å²) in [7, 11) is 0. The third kappa shape index (κ3) is 1.39. The smallest absolute Gasteiger partial charge is 0.152 e. The molecule has 5 heteroatoms. The first-order valence-corrected chi connectivity index (χ1v) is 6.33. The summed E-state index contributed by atoms with van der Waals surface area (Å²) in [6.07, 6.45) is 5.11. The SMILES string of the molecule is C[C@@H]1CCc2c(sc3ncnc(NN)c23)C1. The first-order chi connectivity index (χ1) is 7.79. The van der Waals surface area contributed by atoms with Crippen LogP contribution in [0, 0.1) is 5.92 Å². The number of anilines is 1. The molecular formula is C11H14N4S. The Kier molecular flexibility index (Phi) is 2.29. The Morgan fingerprint density at radius 1 is 1.50 bits per heavy atom. The third-order valence-electron chi connectivity index (χ3n) is 3.23. The minimum atomic E-state index is 0.761. The predicted octanol–water partition coefficient (Wildman–Crippen LogP) is 2.10. The Morgan fingerprint density at radius 3 is 3.19 bits per heavy atom. The zero-order valence-electron chi connectivity index (χ0n) is 9.16. The maximum absolute atomic E-state index is 5.50. The van der Waals surface area contributed by atoms with E-state index in [2.05, 4.69) is 22.3 Å². The van der Waals surface area contributed by atoms with Gasteiger partial charge >= 0.3 is 0 Å². The molecule has 0 bridgehead atoms. The number of nitrogens with one attached hydrogen (secondary N) is 1. The topological polar surface area (TPSA) is 63.8 Å². The Labute approximate surface area is 97.9 Å². The fourth-order valence-corrected chi connectivity index (χ4v) is 3.73. The average molecular weight is 234 g/mol. The van der Waals surface area contributed by atoms with Crippen LogP contribution >= 0.6 is 11.3 Å². The van der Waals surface area contributed by atoms with Gasteiger partial charge in [0.25, 0.3) is 0 Å². The molecule has 0 aliphatic heterocycles. The lowest BCUT2D eigenvalue weighted by atomic mass is 9.89. The van der Waals surface area contributed by atoms with Gasteiger partial charge in [0.05, 0.1) is 5.39 Å². The van der Waals surface area contributed by atoms with Crippen molar-refractivity contribution in [1.82, 2.24) is 9.97 Å². The van der Waals surface area contributed by atoms with E-state index in [1.54, 1.807) is 17.7 Å². The molecule has 2 aromatic rings. The van der Waals surface area contributed by atoms with Crippen molar-refractivity contribution in [3.05, 3.63) is 16.8 Å². The van der Waals surface area contributed by atoms with E-state index < -0.39 is 0 Å². The van der Waals surface area contributed by atoms with Crippen molar-refractivity contribution >= 4 is 27.4 Å². The van der Waals surface area contributed by atoms with E-state index in [0.29, 0.717) is 0 Å². The van der Waals surface area contributed by atoms with E-state index >= 15 is 0 Å². The van der Waals surface area contributed by atoms with Gasteiger partial charge in [-0.25, -0.2) is 15.8 Å². The number of fused-ring (bicyclic) bond motifs is 3. The standard InChI is InChI=1S/C11H14N4S/c1-6-2-3-7-8(4-6)16-11-9(7)10(15-12)13-5-14-11/h5-6H,2-4,12H2,1H3,(H,13,14,15)/t6-/m1/s1. The summed E-state index contributed by atoms with van der Waals surface area (Å²) in [5.74, 6) is 7.04. The van der Waals surface area contributed by atoms with E-state index in [1.165, 1.54) is 23.3 Å². The number of nitrogens with two attached hydrogens (primary N) is 1. The van der Waals surface area contributed by atoms with Gasteiger partial charge in [0.15, 0.2) is 5.82 Å². The second kappa shape index (κ2) is 3.68. The fraction of sp³-hybridized carbons (Fsp3) is 0.455. The van der Waals surface area contributed by atoms with Crippen LogP contribution in [-0.2, 0) is 12.8 Å². The summed E-state index contributed by atoms with van der Waals surface area (Å²) < 4.78 is 0. The Bertz CT molecular complexity index is 534. The molecule has 1 atom stereocenters. The number of nitrogens with zero attached hydrogens (tertiary/aromatic N) is 2. The minimum Gasteiger partial charge on any atom is -0.308 e. The quantitative estimate of drug-likeness (QED) is 0.586. The number of thiophene rings is 1. The van der Waals surface area contributed by atoms with Crippen LogP contribution in [0.3, 0.4) is 0 Å². The molecule has 4 nitrogen and oxygen atoms in total. The number of hydrogen-bond donors (Lipinski definition) is 2. The van der Waals surface area contributed by atoms with Crippen molar-refractivity contribution < 1.29 is 0 Å². The number of aryl methyl sites for hydroxylation is 1. The number of nitrogen functional groups attached to an aromatic ring is 1. The van der Waals surface area contributed by atoms with Crippen LogP contribution in [0.5, 0.6) is 0 Å². The second-order valence-corrected chi connectivity index (χ2v) is 5.48. The second-order valence-electron chi connectivity index (χ2n) is 4.40. The summed E-state index contributed by atoms with van der Waals surface area (Å²) in [6.45, 7) is 2.31. The van der Waals surface area contributed by atoms with Crippen LogP contribution < -0.4 is 11.3 Å². The lowest BCUT2D eigenvalue weighted by molar-refractivity contribution is 0.509. The fourth-order valence-electron chi connectivity index (χ4n) is 2.38. The summed E-state index contributed by atoms with van der Waals surface area (Å²) >= 11 is 1.79. The zero-order valence-corrected chi connectivity index (χ0v) is 9.97. The van der Waals surface area contributed by atoms with Crippen LogP contribution in [-0.4, -0.2) is 9.97 Å². The van der Waals surface area contributed by atoms with E-state index in [1.807, 2.05) is 0 Å². The van der Waals surface area contributed by atoms with Gasteiger partial charge < -0.3 is 5.43 Å². The maximum atomic E-state index is 5.50. The molecule has 0 radical (unpaired) electrons. The monoisotopic (exact) mass is 234 g/mol. The van der Waals surface area contributed by atoms with Crippen molar-refractivity contribution in [2.24, 2.45) is 11.8 Å². The largest absolute Gasteiger partial charge is 0.308 e. The van der Waals surface area contributed by atoms with Gasteiger partial charge in [0.1, 0.15) is 11.2 Å². The molecular weight excluding hydrogens is 220 g/mol. The molecule has 84 valence electrons.